The molecule has 1 aliphatic rings. The largest absolute Gasteiger partial charge is 0.451 e. The van der Waals surface area contributed by atoms with Crippen LogP contribution >= 0.6 is 0 Å². The Hall–Kier alpha value is -1.81. The second-order valence-corrected chi connectivity index (χ2v) is 7.62. The molecule has 0 aliphatic carbocycles. The van der Waals surface area contributed by atoms with Gasteiger partial charge in [0.15, 0.2) is 5.76 Å². The number of hydrogen-bond acceptors (Lipinski definition) is 3. The number of hydrogen-bond donors (Lipinski definition) is 2. The highest BCUT2D eigenvalue weighted by Crippen LogP contribution is 2.29. The van der Waals surface area contributed by atoms with Crippen molar-refractivity contribution in [2.75, 3.05) is 0 Å². The summed E-state index contributed by atoms with van der Waals surface area (Å²) in [6.45, 7) is 8.70. The minimum atomic E-state index is -0.130. The first kappa shape index (κ1) is 15.1. The molecule has 0 spiro atoms. The van der Waals surface area contributed by atoms with E-state index in [2.05, 4.69) is 38.3 Å². The van der Waals surface area contributed by atoms with Gasteiger partial charge in [-0.25, -0.2) is 0 Å². The Labute approximate surface area is 131 Å². The van der Waals surface area contributed by atoms with Crippen molar-refractivity contribution >= 4 is 16.9 Å². The van der Waals surface area contributed by atoms with Gasteiger partial charge in [0.05, 0.1) is 0 Å². The molecule has 2 N–H and O–H groups in total. The average Bonchev–Trinajstić information content (AvgIpc) is 2.78. The average molecular weight is 300 g/mol. The molecule has 1 fully saturated rings. The number of nitrogens with one attached hydrogen (secondary N) is 2. The second kappa shape index (κ2) is 5.13. The van der Waals surface area contributed by atoms with E-state index in [4.69, 9.17) is 4.42 Å². The Morgan fingerprint density at radius 2 is 1.82 bits per heavy atom. The molecule has 0 saturated carbocycles. The molecule has 0 radical (unpaired) electrons. The molecule has 3 rings (SSSR count). The summed E-state index contributed by atoms with van der Waals surface area (Å²) in [6.07, 6.45) is 1.81. The minimum absolute atomic E-state index is 0.00751. The zero-order valence-corrected chi connectivity index (χ0v) is 13.7. The van der Waals surface area contributed by atoms with Crippen LogP contribution in [-0.4, -0.2) is 23.0 Å². The third-order valence-electron chi connectivity index (χ3n) is 4.17. The number of carbonyl (C=O) groups is 1. The summed E-state index contributed by atoms with van der Waals surface area (Å²) in [5.41, 5.74) is 0.764. The van der Waals surface area contributed by atoms with Gasteiger partial charge in [0.1, 0.15) is 5.58 Å². The van der Waals surface area contributed by atoms with Gasteiger partial charge in [-0.2, -0.15) is 0 Å². The number of benzene rings is 1. The van der Waals surface area contributed by atoms with Crippen LogP contribution in [0.25, 0.3) is 11.0 Å². The summed E-state index contributed by atoms with van der Waals surface area (Å²) in [5, 5.41) is 7.71. The molecule has 0 atom stereocenters. The molecule has 118 valence electrons. The summed E-state index contributed by atoms with van der Waals surface area (Å²) in [4.78, 5) is 12.5. The van der Waals surface area contributed by atoms with Crippen molar-refractivity contribution in [3.63, 3.8) is 0 Å². The maximum atomic E-state index is 12.5. The molecule has 1 aliphatic heterocycles. The second-order valence-electron chi connectivity index (χ2n) is 7.62. The first-order valence-electron chi connectivity index (χ1n) is 7.83. The Morgan fingerprint density at radius 1 is 1.18 bits per heavy atom. The molecule has 1 amide bonds. The number of amides is 1. The number of furan rings is 1. The SMILES string of the molecule is CC1(C)CC(NC(=O)c2cc3ccccc3o2)CC(C)(C)N1. The maximum Gasteiger partial charge on any atom is 0.287 e. The predicted molar refractivity (Wildman–Crippen MR) is 88.0 cm³/mol. The Morgan fingerprint density at radius 3 is 2.45 bits per heavy atom. The van der Waals surface area contributed by atoms with Crippen LogP contribution in [0.2, 0.25) is 0 Å². The minimum Gasteiger partial charge on any atom is -0.451 e. The lowest BCUT2D eigenvalue weighted by Crippen LogP contribution is -2.62. The molecule has 2 heterocycles. The van der Waals surface area contributed by atoms with Crippen LogP contribution in [0.4, 0.5) is 0 Å². The molecule has 1 saturated heterocycles. The van der Waals surface area contributed by atoms with Crippen molar-refractivity contribution in [1.82, 2.24) is 10.6 Å². The van der Waals surface area contributed by atoms with Crippen LogP contribution in [-0.2, 0) is 0 Å². The van der Waals surface area contributed by atoms with Gasteiger partial charge in [0.2, 0.25) is 0 Å². The van der Waals surface area contributed by atoms with Gasteiger partial charge in [0.25, 0.3) is 5.91 Å². The monoisotopic (exact) mass is 300 g/mol. The summed E-state index contributed by atoms with van der Waals surface area (Å²) in [7, 11) is 0. The van der Waals surface area contributed by atoms with Crippen molar-refractivity contribution in [3.05, 3.63) is 36.1 Å². The zero-order chi connectivity index (χ0) is 16.0. The zero-order valence-electron chi connectivity index (χ0n) is 13.7. The van der Waals surface area contributed by atoms with Crippen molar-refractivity contribution in [2.24, 2.45) is 0 Å². The van der Waals surface area contributed by atoms with Crippen molar-refractivity contribution in [2.45, 2.75) is 57.7 Å². The van der Waals surface area contributed by atoms with Crippen LogP contribution in [0.5, 0.6) is 0 Å². The highest BCUT2D eigenvalue weighted by atomic mass is 16.3. The summed E-state index contributed by atoms with van der Waals surface area (Å²) in [6, 6.07) is 9.63. The lowest BCUT2D eigenvalue weighted by Gasteiger charge is -2.46. The fourth-order valence-electron chi connectivity index (χ4n) is 3.77. The molecule has 0 bridgehead atoms. The normalized spacial score (nSPS) is 20.9. The van der Waals surface area contributed by atoms with Gasteiger partial charge in [-0.15, -0.1) is 0 Å². The first-order valence-corrected chi connectivity index (χ1v) is 7.83. The lowest BCUT2D eigenvalue weighted by molar-refractivity contribution is 0.0848. The molecule has 4 heteroatoms. The van der Waals surface area contributed by atoms with Crippen molar-refractivity contribution < 1.29 is 9.21 Å². The van der Waals surface area contributed by atoms with Gasteiger partial charge < -0.3 is 15.1 Å². The molecule has 1 aromatic heterocycles. The quantitative estimate of drug-likeness (QED) is 0.893. The van der Waals surface area contributed by atoms with Gasteiger partial charge in [-0.1, -0.05) is 18.2 Å². The first-order chi connectivity index (χ1) is 10.2. The van der Waals surface area contributed by atoms with Crippen molar-refractivity contribution in [1.29, 1.82) is 0 Å². The van der Waals surface area contributed by atoms with E-state index >= 15 is 0 Å². The van der Waals surface area contributed by atoms with E-state index in [9.17, 15) is 4.79 Å². The highest BCUT2D eigenvalue weighted by Gasteiger charge is 2.38. The van der Waals surface area contributed by atoms with Gasteiger partial charge >= 0.3 is 0 Å². The molecule has 1 aromatic carbocycles. The van der Waals surface area contributed by atoms with E-state index in [0.29, 0.717) is 5.76 Å². The molecule has 0 unspecified atom stereocenters. The fraction of sp³-hybridized carbons (Fsp3) is 0.500. The van der Waals surface area contributed by atoms with E-state index in [-0.39, 0.29) is 23.0 Å². The van der Waals surface area contributed by atoms with Crippen LogP contribution < -0.4 is 10.6 Å². The highest BCUT2D eigenvalue weighted by molar-refractivity contribution is 5.96. The fourth-order valence-corrected chi connectivity index (χ4v) is 3.77. The summed E-state index contributed by atoms with van der Waals surface area (Å²) >= 11 is 0. The number of piperidine rings is 1. The number of fused-ring (bicyclic) bond motifs is 1. The molecule has 2 aromatic rings. The number of carbonyl (C=O) groups excluding carboxylic acids is 1. The third kappa shape index (κ3) is 3.17. The van der Waals surface area contributed by atoms with Crippen molar-refractivity contribution in [3.8, 4) is 0 Å². The standard InChI is InChI=1S/C18H24N2O2/c1-17(2)10-13(11-18(3,4)20-17)19-16(21)15-9-12-7-5-6-8-14(12)22-15/h5-9,13,20H,10-11H2,1-4H3,(H,19,21). The number of rotatable bonds is 2. The Bertz CT molecular complexity index is 651. The van der Waals surface area contributed by atoms with Crippen LogP contribution in [0.1, 0.15) is 51.1 Å². The van der Waals surface area contributed by atoms with Crippen LogP contribution in [0.3, 0.4) is 0 Å². The molecule has 4 nitrogen and oxygen atoms in total. The van der Waals surface area contributed by atoms with E-state index in [0.717, 1.165) is 23.8 Å². The smallest absolute Gasteiger partial charge is 0.287 e. The summed E-state index contributed by atoms with van der Waals surface area (Å²) < 4.78 is 5.65. The Balaban J connectivity index is 1.76. The number of para-hydroxylation sites is 1. The van der Waals surface area contributed by atoms with Gasteiger partial charge in [0, 0.05) is 22.5 Å². The Kier molecular flexibility index (Phi) is 3.52. The maximum absolute atomic E-state index is 12.5. The van der Waals surface area contributed by atoms with E-state index in [1.165, 1.54) is 0 Å². The molecular formula is C18H24N2O2. The van der Waals surface area contributed by atoms with E-state index in [1.54, 1.807) is 0 Å². The topological polar surface area (TPSA) is 54.3 Å². The molecule has 22 heavy (non-hydrogen) atoms. The van der Waals surface area contributed by atoms with Gasteiger partial charge in [-0.3, -0.25) is 4.79 Å². The van der Waals surface area contributed by atoms with Gasteiger partial charge in [-0.05, 0) is 52.7 Å². The predicted octanol–water partition coefficient (Wildman–Crippen LogP) is 3.47. The van der Waals surface area contributed by atoms with E-state index in [1.807, 2.05) is 30.3 Å². The molecular weight excluding hydrogens is 276 g/mol. The lowest BCUT2D eigenvalue weighted by atomic mass is 9.79. The van der Waals surface area contributed by atoms with Crippen LogP contribution in [0.15, 0.2) is 34.7 Å². The van der Waals surface area contributed by atoms with Crippen LogP contribution in [0, 0.1) is 0 Å². The summed E-state index contributed by atoms with van der Waals surface area (Å²) in [5.74, 6) is 0.255. The van der Waals surface area contributed by atoms with E-state index < -0.39 is 0 Å². The third-order valence-corrected chi connectivity index (χ3v) is 4.17.